The third-order valence-electron chi connectivity index (χ3n) is 7.21. The van der Waals surface area contributed by atoms with Gasteiger partial charge < -0.3 is 24.6 Å². The van der Waals surface area contributed by atoms with Crippen molar-refractivity contribution in [2.75, 3.05) is 39.5 Å². The Morgan fingerprint density at radius 1 is 1.32 bits per heavy atom. The Balaban J connectivity index is 1.40. The second-order valence-corrected chi connectivity index (χ2v) is 10.8. The number of benzene rings is 1. The number of halogens is 6. The third kappa shape index (κ3) is 5.29. The van der Waals surface area contributed by atoms with E-state index in [1.165, 1.54) is 0 Å². The Morgan fingerprint density at radius 3 is 2.86 bits per heavy atom. The highest BCUT2D eigenvalue weighted by atomic mass is 79.9. The summed E-state index contributed by atoms with van der Waals surface area (Å²) in [5, 5.41) is 12.9. The number of aromatic nitrogens is 2. The highest BCUT2D eigenvalue weighted by molar-refractivity contribution is 9.10. The first-order valence-corrected chi connectivity index (χ1v) is 13.2. The molecule has 3 aliphatic heterocycles. The standard InChI is InChI=1S/C23H26BrClF4N4O4/c24-15-16(25)19(36-9-13(20(28)29)30-12-2-5-35-8-12)14-18(17(15)27)31-22(32-21(14)34)37-10-23-3-1-4-33(23)7-11(26)6-23/h11-13,20,30H,1-10H2,(H,31,32,34)/t11-,12?,13-,23+/m1/s1. The second kappa shape index (κ2) is 10.8. The average molecular weight is 614 g/mol. The summed E-state index contributed by atoms with van der Waals surface area (Å²) in [4.78, 5) is 10.1. The molecule has 0 aliphatic carbocycles. The number of hydrogen-bond donors (Lipinski definition) is 2. The summed E-state index contributed by atoms with van der Waals surface area (Å²) in [7, 11) is 0. The van der Waals surface area contributed by atoms with Crippen molar-refractivity contribution in [2.24, 2.45) is 0 Å². The third-order valence-corrected chi connectivity index (χ3v) is 8.54. The van der Waals surface area contributed by atoms with E-state index in [0.29, 0.717) is 32.6 Å². The van der Waals surface area contributed by atoms with Gasteiger partial charge in [0, 0.05) is 25.6 Å². The van der Waals surface area contributed by atoms with E-state index in [-0.39, 0.29) is 44.8 Å². The summed E-state index contributed by atoms with van der Waals surface area (Å²) in [6.45, 7) is 1.41. The molecule has 14 heteroatoms. The average Bonchev–Trinajstić information content (AvgIpc) is 3.57. The molecule has 0 spiro atoms. The number of rotatable bonds is 9. The van der Waals surface area contributed by atoms with Crippen LogP contribution in [0.1, 0.15) is 25.7 Å². The van der Waals surface area contributed by atoms with E-state index in [4.69, 9.17) is 25.8 Å². The van der Waals surface area contributed by atoms with Crippen molar-refractivity contribution >= 4 is 38.4 Å². The zero-order valence-electron chi connectivity index (χ0n) is 19.7. The van der Waals surface area contributed by atoms with E-state index in [2.05, 4.69) is 31.2 Å². The van der Waals surface area contributed by atoms with Crippen LogP contribution in [-0.4, -0.2) is 89.7 Å². The van der Waals surface area contributed by atoms with Crippen LogP contribution in [0.2, 0.25) is 5.02 Å². The molecule has 3 aliphatic rings. The fourth-order valence-electron chi connectivity index (χ4n) is 5.39. The van der Waals surface area contributed by atoms with Crippen molar-refractivity contribution in [3.63, 3.8) is 0 Å². The summed E-state index contributed by atoms with van der Waals surface area (Å²) < 4.78 is 72.9. The number of ether oxygens (including phenoxy) is 3. The highest BCUT2D eigenvalue weighted by Gasteiger charge is 2.49. The van der Waals surface area contributed by atoms with Crippen LogP contribution in [0, 0.1) is 5.82 Å². The number of nitrogens with zero attached hydrogens (tertiary/aromatic N) is 3. The molecule has 2 N–H and O–H groups in total. The van der Waals surface area contributed by atoms with E-state index in [1.807, 2.05) is 4.90 Å². The molecule has 0 radical (unpaired) electrons. The number of aromatic hydroxyl groups is 1. The van der Waals surface area contributed by atoms with Crippen LogP contribution >= 0.6 is 27.5 Å². The summed E-state index contributed by atoms with van der Waals surface area (Å²) in [6.07, 6.45) is -1.19. The number of nitrogens with one attached hydrogen (secondary N) is 1. The van der Waals surface area contributed by atoms with Gasteiger partial charge in [-0.15, -0.1) is 0 Å². The topological polar surface area (TPSA) is 89.0 Å². The van der Waals surface area contributed by atoms with Gasteiger partial charge in [0.05, 0.1) is 16.6 Å². The van der Waals surface area contributed by atoms with Gasteiger partial charge in [0.1, 0.15) is 41.4 Å². The summed E-state index contributed by atoms with van der Waals surface area (Å²) in [6, 6.07) is -1.93. The Hall–Kier alpha value is -1.67. The molecule has 5 rings (SSSR count). The van der Waals surface area contributed by atoms with Crippen molar-refractivity contribution < 1.29 is 36.9 Å². The first-order chi connectivity index (χ1) is 17.7. The van der Waals surface area contributed by atoms with Crippen LogP contribution in [0.5, 0.6) is 17.6 Å². The fourth-order valence-corrected chi connectivity index (χ4v) is 5.99. The number of alkyl halides is 3. The van der Waals surface area contributed by atoms with Gasteiger partial charge in [-0.3, -0.25) is 4.90 Å². The number of fused-ring (bicyclic) bond motifs is 2. The van der Waals surface area contributed by atoms with Gasteiger partial charge in [0.25, 0.3) is 6.43 Å². The van der Waals surface area contributed by atoms with Crippen LogP contribution in [-0.2, 0) is 4.74 Å². The minimum Gasteiger partial charge on any atom is -0.493 e. The maximum atomic E-state index is 15.2. The molecule has 1 aromatic heterocycles. The largest absolute Gasteiger partial charge is 0.493 e. The zero-order valence-corrected chi connectivity index (χ0v) is 22.0. The molecule has 1 aromatic carbocycles. The fraction of sp³-hybridized carbons (Fsp3) is 0.652. The van der Waals surface area contributed by atoms with Gasteiger partial charge in [-0.05, 0) is 41.7 Å². The molecule has 204 valence electrons. The first kappa shape index (κ1) is 26.9. The van der Waals surface area contributed by atoms with E-state index >= 15 is 4.39 Å². The van der Waals surface area contributed by atoms with E-state index in [0.717, 1.165) is 19.4 Å². The molecule has 4 heterocycles. The smallest absolute Gasteiger partial charge is 0.320 e. The molecule has 1 unspecified atom stereocenters. The Kier molecular flexibility index (Phi) is 7.88. The zero-order chi connectivity index (χ0) is 26.3. The molecule has 4 atom stereocenters. The lowest BCUT2D eigenvalue weighted by molar-refractivity contribution is 0.0640. The van der Waals surface area contributed by atoms with Crippen molar-refractivity contribution in [2.45, 2.75) is 55.9 Å². The predicted octanol–water partition coefficient (Wildman–Crippen LogP) is 4.24. The Morgan fingerprint density at radius 2 is 2.14 bits per heavy atom. The summed E-state index contributed by atoms with van der Waals surface area (Å²) in [5.41, 5.74) is -0.863. The van der Waals surface area contributed by atoms with Gasteiger partial charge in [0.2, 0.25) is 5.88 Å². The van der Waals surface area contributed by atoms with Crippen LogP contribution in [0.25, 0.3) is 10.9 Å². The summed E-state index contributed by atoms with van der Waals surface area (Å²) in [5.74, 6) is -1.85. The van der Waals surface area contributed by atoms with E-state index < -0.39 is 42.5 Å². The van der Waals surface area contributed by atoms with Crippen LogP contribution in [0.4, 0.5) is 17.6 Å². The maximum absolute atomic E-state index is 15.2. The van der Waals surface area contributed by atoms with Crippen molar-refractivity contribution in [3.05, 3.63) is 15.3 Å². The van der Waals surface area contributed by atoms with E-state index in [9.17, 15) is 18.3 Å². The lowest BCUT2D eigenvalue weighted by Gasteiger charge is -2.30. The first-order valence-electron chi connectivity index (χ1n) is 12.0. The van der Waals surface area contributed by atoms with Gasteiger partial charge in [-0.1, -0.05) is 11.6 Å². The molecule has 0 amide bonds. The summed E-state index contributed by atoms with van der Waals surface area (Å²) >= 11 is 9.31. The lowest BCUT2D eigenvalue weighted by atomic mass is 9.95. The van der Waals surface area contributed by atoms with E-state index in [1.54, 1.807) is 0 Å². The van der Waals surface area contributed by atoms with Gasteiger partial charge in [0.15, 0.2) is 11.6 Å². The Labute approximate surface area is 223 Å². The molecule has 0 saturated carbocycles. The van der Waals surface area contributed by atoms with Crippen molar-refractivity contribution in [1.82, 2.24) is 20.2 Å². The molecular formula is C23H26BrClF4N4O4. The quantitative estimate of drug-likeness (QED) is 0.321. The SMILES string of the molecule is Oc1nc(OC[C@@]23CCCN2C[C@H](F)C3)nc2c(F)c(Br)c(Cl)c(OC[C@@H](NC3CCOC3)C(F)F)c12. The lowest BCUT2D eigenvalue weighted by Crippen LogP contribution is -2.46. The molecule has 8 nitrogen and oxygen atoms in total. The molecule has 0 bridgehead atoms. The predicted molar refractivity (Wildman–Crippen MR) is 130 cm³/mol. The molecular weight excluding hydrogens is 588 g/mol. The molecule has 37 heavy (non-hydrogen) atoms. The molecule has 2 aromatic rings. The normalized spacial score (nSPS) is 26.8. The highest BCUT2D eigenvalue weighted by Crippen LogP contribution is 2.45. The monoisotopic (exact) mass is 612 g/mol. The van der Waals surface area contributed by atoms with Crippen molar-refractivity contribution in [1.29, 1.82) is 0 Å². The van der Waals surface area contributed by atoms with Crippen LogP contribution in [0.3, 0.4) is 0 Å². The van der Waals surface area contributed by atoms with Crippen LogP contribution < -0.4 is 14.8 Å². The van der Waals surface area contributed by atoms with Gasteiger partial charge in [-0.2, -0.15) is 9.97 Å². The molecule has 3 saturated heterocycles. The minimum atomic E-state index is -2.77. The van der Waals surface area contributed by atoms with Gasteiger partial charge >= 0.3 is 6.01 Å². The Bertz CT molecular complexity index is 1160. The minimum absolute atomic E-state index is 0.0741. The molecule has 3 fully saturated rings. The maximum Gasteiger partial charge on any atom is 0.320 e. The second-order valence-electron chi connectivity index (χ2n) is 9.67. The van der Waals surface area contributed by atoms with Crippen molar-refractivity contribution in [3.8, 4) is 17.6 Å². The number of hydrogen-bond acceptors (Lipinski definition) is 8. The van der Waals surface area contributed by atoms with Gasteiger partial charge in [-0.25, -0.2) is 17.6 Å². The van der Waals surface area contributed by atoms with Crippen LogP contribution in [0.15, 0.2) is 4.47 Å².